The summed E-state index contributed by atoms with van der Waals surface area (Å²) in [7, 11) is 9.14. The molecule has 120 valence electrons. The van der Waals surface area contributed by atoms with Gasteiger partial charge in [0.1, 0.15) is 0 Å². The van der Waals surface area contributed by atoms with Crippen molar-refractivity contribution in [2.45, 2.75) is 31.1 Å². The van der Waals surface area contributed by atoms with Gasteiger partial charge in [-0.25, -0.2) is 0 Å². The van der Waals surface area contributed by atoms with Crippen molar-refractivity contribution in [2.75, 3.05) is 47.8 Å². The molecule has 2 nitrogen and oxygen atoms in total. The van der Waals surface area contributed by atoms with E-state index in [2.05, 4.69) is 63.4 Å². The van der Waals surface area contributed by atoms with Crippen molar-refractivity contribution in [1.82, 2.24) is 4.90 Å². The third kappa shape index (κ3) is 5.22. The van der Waals surface area contributed by atoms with E-state index in [0.29, 0.717) is 5.41 Å². The number of halogens is 1. The third-order valence-electron chi connectivity index (χ3n) is 4.80. The molecular weight excluding hydrogens is 371 g/mol. The van der Waals surface area contributed by atoms with Gasteiger partial charge >= 0.3 is 0 Å². The molecular formula is C18H31IN2. The summed E-state index contributed by atoms with van der Waals surface area (Å²) in [6.45, 7) is 3.80. The van der Waals surface area contributed by atoms with Gasteiger partial charge in [0.25, 0.3) is 0 Å². The average Bonchev–Trinajstić information content (AvgIpc) is 2.38. The maximum absolute atomic E-state index is 2.39. The number of hydrogen-bond acceptors (Lipinski definition) is 1. The highest BCUT2D eigenvalue weighted by Gasteiger charge is 2.41. The maximum Gasteiger partial charge on any atom is 0.0880 e. The van der Waals surface area contributed by atoms with Crippen LogP contribution in [0, 0.1) is 0 Å². The van der Waals surface area contributed by atoms with Crippen LogP contribution in [-0.2, 0) is 5.41 Å². The fourth-order valence-corrected chi connectivity index (χ4v) is 3.93. The lowest BCUT2D eigenvalue weighted by molar-refractivity contribution is -0.900. The molecule has 1 fully saturated rings. The van der Waals surface area contributed by atoms with E-state index in [1.54, 1.807) is 5.56 Å². The average molecular weight is 402 g/mol. The topological polar surface area (TPSA) is 3.24 Å². The number of hydrogen-bond donors (Lipinski definition) is 0. The molecule has 0 spiro atoms. The van der Waals surface area contributed by atoms with Gasteiger partial charge in [-0.05, 0) is 51.9 Å². The summed E-state index contributed by atoms with van der Waals surface area (Å²) in [5.41, 5.74) is 1.95. The second-order valence-electron chi connectivity index (χ2n) is 7.47. The SMILES string of the molecule is CN(C)CCCC1(c2ccccc2)CCC[N+](C)(C)C1.[I-]. The standard InChI is InChI=1S/C18H31N2.HI/c1-19(2)14-8-12-18(17-10-6-5-7-11-17)13-9-15-20(3,4)16-18;/h5-7,10-11H,8-9,12-16H2,1-4H3;1H/q+1;/p-1. The van der Waals surface area contributed by atoms with Crippen molar-refractivity contribution < 1.29 is 28.5 Å². The van der Waals surface area contributed by atoms with Crippen LogP contribution in [0.4, 0.5) is 0 Å². The lowest BCUT2D eigenvalue weighted by atomic mass is 9.70. The first-order chi connectivity index (χ1) is 9.44. The maximum atomic E-state index is 2.39. The Morgan fingerprint density at radius 2 is 1.81 bits per heavy atom. The van der Waals surface area contributed by atoms with Gasteiger partial charge < -0.3 is 33.4 Å². The first-order valence-corrected chi connectivity index (χ1v) is 7.96. The zero-order valence-electron chi connectivity index (χ0n) is 14.1. The van der Waals surface area contributed by atoms with Gasteiger partial charge in [-0.2, -0.15) is 0 Å². The number of likely N-dealkylation sites (N-methyl/N-ethyl adjacent to an activating group) is 1. The van der Waals surface area contributed by atoms with Gasteiger partial charge in [-0.1, -0.05) is 30.3 Å². The molecule has 1 aromatic rings. The Balaban J connectivity index is 0.00000220. The first kappa shape index (κ1) is 18.9. The van der Waals surface area contributed by atoms with Gasteiger partial charge in [-0.3, -0.25) is 0 Å². The predicted molar refractivity (Wildman–Crippen MR) is 87.0 cm³/mol. The van der Waals surface area contributed by atoms with E-state index in [0.717, 1.165) is 4.48 Å². The van der Waals surface area contributed by atoms with Crippen LogP contribution in [0.15, 0.2) is 30.3 Å². The first-order valence-electron chi connectivity index (χ1n) is 7.96. The molecule has 0 N–H and O–H groups in total. The van der Waals surface area contributed by atoms with Crippen LogP contribution in [0.3, 0.4) is 0 Å². The highest BCUT2D eigenvalue weighted by Crippen LogP contribution is 2.39. The Labute approximate surface area is 148 Å². The summed E-state index contributed by atoms with van der Waals surface area (Å²) in [5, 5.41) is 0. The van der Waals surface area contributed by atoms with E-state index in [-0.39, 0.29) is 24.0 Å². The number of piperidine rings is 1. The Bertz CT molecular complexity index is 416. The Hall–Kier alpha value is -0.130. The van der Waals surface area contributed by atoms with Gasteiger partial charge in [-0.15, -0.1) is 0 Å². The monoisotopic (exact) mass is 402 g/mol. The van der Waals surface area contributed by atoms with Gasteiger partial charge in [0.05, 0.1) is 27.2 Å². The van der Waals surface area contributed by atoms with Crippen LogP contribution >= 0.6 is 0 Å². The minimum absolute atomic E-state index is 0. The molecule has 0 aliphatic carbocycles. The summed E-state index contributed by atoms with van der Waals surface area (Å²) < 4.78 is 1.16. The Kier molecular flexibility index (Phi) is 7.14. The molecule has 2 rings (SSSR count). The van der Waals surface area contributed by atoms with E-state index in [1.165, 1.54) is 45.3 Å². The zero-order valence-corrected chi connectivity index (χ0v) is 16.3. The molecule has 1 atom stereocenters. The molecule has 0 bridgehead atoms. The molecule has 1 saturated heterocycles. The Morgan fingerprint density at radius 1 is 1.14 bits per heavy atom. The van der Waals surface area contributed by atoms with Crippen molar-refractivity contribution >= 4 is 0 Å². The highest BCUT2D eigenvalue weighted by atomic mass is 127. The van der Waals surface area contributed by atoms with E-state index in [4.69, 9.17) is 0 Å². The molecule has 1 unspecified atom stereocenters. The molecule has 3 heteroatoms. The number of rotatable bonds is 5. The third-order valence-corrected chi connectivity index (χ3v) is 4.80. The van der Waals surface area contributed by atoms with Crippen molar-refractivity contribution in [2.24, 2.45) is 0 Å². The molecule has 0 saturated carbocycles. The van der Waals surface area contributed by atoms with Gasteiger partial charge in [0, 0.05) is 5.41 Å². The molecule has 1 aromatic carbocycles. The summed E-state index contributed by atoms with van der Waals surface area (Å²) in [6.07, 6.45) is 5.31. The normalized spacial score (nSPS) is 24.6. The van der Waals surface area contributed by atoms with E-state index >= 15 is 0 Å². The predicted octanol–water partition coefficient (Wildman–Crippen LogP) is 0.140. The van der Waals surface area contributed by atoms with Crippen molar-refractivity contribution in [3.05, 3.63) is 35.9 Å². The van der Waals surface area contributed by atoms with Crippen LogP contribution in [0.1, 0.15) is 31.2 Å². The minimum Gasteiger partial charge on any atom is -1.00 e. The number of quaternary nitrogens is 1. The van der Waals surface area contributed by atoms with Gasteiger partial charge in [0.15, 0.2) is 0 Å². The molecule has 0 aromatic heterocycles. The fourth-order valence-electron chi connectivity index (χ4n) is 3.93. The largest absolute Gasteiger partial charge is 1.00 e. The highest BCUT2D eigenvalue weighted by molar-refractivity contribution is 5.26. The van der Waals surface area contributed by atoms with Crippen molar-refractivity contribution in [1.29, 1.82) is 0 Å². The van der Waals surface area contributed by atoms with Crippen molar-refractivity contribution in [3.63, 3.8) is 0 Å². The van der Waals surface area contributed by atoms with Crippen molar-refractivity contribution in [3.8, 4) is 0 Å². The van der Waals surface area contributed by atoms with Gasteiger partial charge in [0.2, 0.25) is 0 Å². The summed E-state index contributed by atoms with van der Waals surface area (Å²) in [6, 6.07) is 11.2. The second-order valence-corrected chi connectivity index (χ2v) is 7.47. The quantitative estimate of drug-likeness (QED) is 0.501. The van der Waals surface area contributed by atoms with Crippen LogP contribution in [-0.4, -0.2) is 57.2 Å². The molecule has 0 radical (unpaired) electrons. The fraction of sp³-hybridized carbons (Fsp3) is 0.667. The minimum atomic E-state index is 0. The van der Waals surface area contributed by atoms with Crippen LogP contribution in [0.2, 0.25) is 0 Å². The molecule has 1 aliphatic rings. The summed E-state index contributed by atoms with van der Waals surface area (Å²) in [5.74, 6) is 0. The molecule has 0 amide bonds. The number of benzene rings is 1. The summed E-state index contributed by atoms with van der Waals surface area (Å²) in [4.78, 5) is 2.31. The van der Waals surface area contributed by atoms with E-state index < -0.39 is 0 Å². The molecule has 21 heavy (non-hydrogen) atoms. The Morgan fingerprint density at radius 3 is 2.38 bits per heavy atom. The van der Waals surface area contributed by atoms with Crippen LogP contribution in [0.5, 0.6) is 0 Å². The lowest BCUT2D eigenvalue weighted by Crippen LogP contribution is -3.00. The summed E-state index contributed by atoms with van der Waals surface area (Å²) >= 11 is 0. The smallest absolute Gasteiger partial charge is 0.0880 e. The zero-order chi connectivity index (χ0) is 14.6. The number of likely N-dealkylation sites (tertiary alicyclic amines) is 1. The molecule has 1 heterocycles. The second kappa shape index (κ2) is 7.93. The van der Waals surface area contributed by atoms with Crippen LogP contribution in [0.25, 0.3) is 0 Å². The van der Waals surface area contributed by atoms with Crippen LogP contribution < -0.4 is 24.0 Å². The van der Waals surface area contributed by atoms with E-state index in [1.807, 2.05) is 0 Å². The number of nitrogens with zero attached hydrogens (tertiary/aromatic N) is 2. The molecule has 1 aliphatic heterocycles. The lowest BCUT2D eigenvalue weighted by Gasteiger charge is -2.46. The van der Waals surface area contributed by atoms with E-state index in [9.17, 15) is 0 Å².